The lowest BCUT2D eigenvalue weighted by molar-refractivity contribution is -0.144. The van der Waals surface area contributed by atoms with Crippen molar-refractivity contribution >= 4 is 28.7 Å². The summed E-state index contributed by atoms with van der Waals surface area (Å²) >= 11 is 5.88. The number of methoxy groups -OCH3 is 1. The molecule has 3 aromatic rings. The highest BCUT2D eigenvalue weighted by atomic mass is 35.5. The van der Waals surface area contributed by atoms with Crippen molar-refractivity contribution in [2.24, 2.45) is 0 Å². The lowest BCUT2D eigenvalue weighted by atomic mass is 10.2. The van der Waals surface area contributed by atoms with E-state index in [9.17, 15) is 9.59 Å². The molecule has 25 heavy (non-hydrogen) atoms. The summed E-state index contributed by atoms with van der Waals surface area (Å²) in [5.41, 5.74) is 0.988. The number of halogens is 1. The predicted molar refractivity (Wildman–Crippen MR) is 91.5 cm³/mol. The van der Waals surface area contributed by atoms with Gasteiger partial charge in [0.1, 0.15) is 12.4 Å². The van der Waals surface area contributed by atoms with Gasteiger partial charge in [0.15, 0.2) is 11.2 Å². The van der Waals surface area contributed by atoms with Crippen LogP contribution < -0.4 is 5.56 Å². The molecule has 0 aliphatic rings. The first-order valence-electron chi connectivity index (χ1n) is 7.67. The molecule has 0 N–H and O–H groups in total. The Labute approximate surface area is 148 Å². The lowest BCUT2D eigenvalue weighted by Gasteiger charge is -2.14. The smallest absolute Gasteiger partial charge is 0.329 e. The highest BCUT2D eigenvalue weighted by Gasteiger charge is 2.23. The molecule has 2 heterocycles. The molecule has 0 unspecified atom stereocenters. The van der Waals surface area contributed by atoms with Crippen molar-refractivity contribution in [3.8, 4) is 0 Å². The maximum atomic E-state index is 12.6. The Morgan fingerprint density at radius 3 is 2.68 bits per heavy atom. The van der Waals surface area contributed by atoms with E-state index < -0.39 is 17.6 Å². The number of rotatable bonds is 5. The third-order valence-corrected chi connectivity index (χ3v) is 4.14. The van der Waals surface area contributed by atoms with Crippen LogP contribution in [0.5, 0.6) is 0 Å². The number of benzene rings is 1. The van der Waals surface area contributed by atoms with E-state index in [0.717, 1.165) is 5.56 Å². The van der Waals surface area contributed by atoms with Gasteiger partial charge in [0.2, 0.25) is 0 Å². The molecule has 3 rings (SSSR count). The van der Waals surface area contributed by atoms with E-state index >= 15 is 0 Å². The Hall–Kier alpha value is -2.74. The molecule has 0 spiro atoms. The van der Waals surface area contributed by atoms with Gasteiger partial charge < -0.3 is 4.74 Å². The Balaban J connectivity index is 2.00. The van der Waals surface area contributed by atoms with Crippen LogP contribution in [0.1, 0.15) is 24.9 Å². The average molecular weight is 362 g/mol. The van der Waals surface area contributed by atoms with Gasteiger partial charge in [-0.25, -0.2) is 14.5 Å². The first kappa shape index (κ1) is 17.1. The summed E-state index contributed by atoms with van der Waals surface area (Å²) in [6.45, 7) is 2.19. The third kappa shape index (κ3) is 3.25. The number of ether oxygens (including phenoxy) is 1. The molecule has 1 aromatic carbocycles. The monoisotopic (exact) mass is 361 g/mol. The molecule has 9 heteroatoms. The van der Waals surface area contributed by atoms with Crippen LogP contribution >= 0.6 is 11.6 Å². The van der Waals surface area contributed by atoms with Crippen molar-refractivity contribution in [2.75, 3.05) is 7.11 Å². The summed E-state index contributed by atoms with van der Waals surface area (Å²) in [4.78, 5) is 28.8. The standard InChI is InChI=1S/C16H16ClN5O3/c1-3-12(16(24)25-2)21-9-18-14-13(15(21)23)19-20-22(14)8-10-4-6-11(17)7-5-10/h4-7,9,12H,3,8H2,1-2H3/t12-/m1/s1. The molecule has 130 valence electrons. The molecule has 1 atom stereocenters. The van der Waals surface area contributed by atoms with Gasteiger partial charge in [0.25, 0.3) is 5.56 Å². The third-order valence-electron chi connectivity index (χ3n) is 3.89. The number of carbonyl (C=O) groups is 1. The van der Waals surface area contributed by atoms with Gasteiger partial charge in [0.05, 0.1) is 13.7 Å². The number of hydrogen-bond donors (Lipinski definition) is 0. The number of hydrogen-bond acceptors (Lipinski definition) is 6. The zero-order chi connectivity index (χ0) is 18.0. The maximum absolute atomic E-state index is 12.6. The first-order chi connectivity index (χ1) is 12.0. The summed E-state index contributed by atoms with van der Waals surface area (Å²) in [6, 6.07) is 6.54. The van der Waals surface area contributed by atoms with Crippen molar-refractivity contribution in [1.82, 2.24) is 24.5 Å². The van der Waals surface area contributed by atoms with Crippen molar-refractivity contribution in [2.45, 2.75) is 25.9 Å². The van der Waals surface area contributed by atoms with Gasteiger partial charge in [-0.3, -0.25) is 9.36 Å². The highest BCUT2D eigenvalue weighted by molar-refractivity contribution is 6.30. The number of esters is 1. The van der Waals surface area contributed by atoms with Gasteiger partial charge in [-0.1, -0.05) is 35.9 Å². The molecule has 0 aliphatic carbocycles. The quantitative estimate of drug-likeness (QED) is 0.643. The van der Waals surface area contributed by atoms with Crippen LogP contribution in [0, 0.1) is 0 Å². The zero-order valence-electron chi connectivity index (χ0n) is 13.7. The fourth-order valence-electron chi connectivity index (χ4n) is 2.57. The van der Waals surface area contributed by atoms with E-state index in [0.29, 0.717) is 23.6 Å². The SMILES string of the molecule is CC[C@H](C(=O)OC)n1cnc2c(nnn2Cc2ccc(Cl)cc2)c1=O. The van der Waals surface area contributed by atoms with Gasteiger partial charge in [-0.05, 0) is 24.1 Å². The normalized spacial score (nSPS) is 12.3. The molecule has 0 fully saturated rings. The highest BCUT2D eigenvalue weighted by Crippen LogP contribution is 2.14. The topological polar surface area (TPSA) is 91.9 Å². The molecule has 0 saturated heterocycles. The zero-order valence-corrected chi connectivity index (χ0v) is 14.5. The second kappa shape index (κ2) is 7.02. The van der Waals surface area contributed by atoms with Crippen LogP contribution in [0.2, 0.25) is 5.02 Å². The fraction of sp³-hybridized carbons (Fsp3) is 0.312. The van der Waals surface area contributed by atoms with E-state index in [1.807, 2.05) is 12.1 Å². The Morgan fingerprint density at radius 2 is 2.04 bits per heavy atom. The van der Waals surface area contributed by atoms with Gasteiger partial charge in [0, 0.05) is 5.02 Å². The summed E-state index contributed by atoms with van der Waals surface area (Å²) in [5, 5.41) is 8.58. The summed E-state index contributed by atoms with van der Waals surface area (Å²) < 4.78 is 7.50. The molecule has 2 aromatic heterocycles. The van der Waals surface area contributed by atoms with E-state index in [1.165, 1.54) is 22.7 Å². The molecule has 0 radical (unpaired) electrons. The Kier molecular flexibility index (Phi) is 4.80. The number of nitrogens with zero attached hydrogens (tertiary/aromatic N) is 5. The van der Waals surface area contributed by atoms with Crippen molar-refractivity contribution in [1.29, 1.82) is 0 Å². The molecule has 0 aliphatic heterocycles. The summed E-state index contributed by atoms with van der Waals surface area (Å²) in [7, 11) is 1.28. The second-order valence-electron chi connectivity index (χ2n) is 5.45. The minimum Gasteiger partial charge on any atom is -0.467 e. The van der Waals surface area contributed by atoms with Gasteiger partial charge in [-0.2, -0.15) is 0 Å². The minimum absolute atomic E-state index is 0.110. The summed E-state index contributed by atoms with van der Waals surface area (Å²) in [5.74, 6) is -0.501. The molecular weight excluding hydrogens is 346 g/mol. The number of fused-ring (bicyclic) bond motifs is 1. The number of aromatic nitrogens is 5. The summed E-state index contributed by atoms with van der Waals surface area (Å²) in [6.07, 6.45) is 1.73. The van der Waals surface area contributed by atoms with Crippen LogP contribution in [0.25, 0.3) is 11.2 Å². The largest absolute Gasteiger partial charge is 0.467 e. The van der Waals surface area contributed by atoms with E-state index in [1.54, 1.807) is 19.1 Å². The van der Waals surface area contributed by atoms with Crippen LogP contribution in [0.3, 0.4) is 0 Å². The van der Waals surface area contributed by atoms with Crippen molar-refractivity contribution < 1.29 is 9.53 Å². The second-order valence-corrected chi connectivity index (χ2v) is 5.89. The molecular formula is C16H16ClN5O3. The van der Waals surface area contributed by atoms with Crippen LogP contribution in [-0.2, 0) is 16.1 Å². The Morgan fingerprint density at radius 1 is 1.32 bits per heavy atom. The molecule has 8 nitrogen and oxygen atoms in total. The van der Waals surface area contributed by atoms with E-state index in [-0.39, 0.29) is 5.52 Å². The van der Waals surface area contributed by atoms with Crippen LogP contribution in [-0.4, -0.2) is 37.6 Å². The predicted octanol–water partition coefficient (Wildman–Crippen LogP) is 1.81. The fourth-order valence-corrected chi connectivity index (χ4v) is 2.70. The minimum atomic E-state index is -0.740. The van der Waals surface area contributed by atoms with Crippen LogP contribution in [0.15, 0.2) is 35.4 Å². The van der Waals surface area contributed by atoms with Gasteiger partial charge in [-0.15, -0.1) is 5.10 Å². The van der Waals surface area contributed by atoms with E-state index in [4.69, 9.17) is 16.3 Å². The molecule has 0 saturated carbocycles. The van der Waals surface area contributed by atoms with E-state index in [2.05, 4.69) is 15.3 Å². The maximum Gasteiger partial charge on any atom is 0.329 e. The van der Waals surface area contributed by atoms with Crippen molar-refractivity contribution in [3.63, 3.8) is 0 Å². The number of carbonyl (C=O) groups excluding carboxylic acids is 1. The van der Waals surface area contributed by atoms with Crippen LogP contribution in [0.4, 0.5) is 0 Å². The first-order valence-corrected chi connectivity index (χ1v) is 8.05. The average Bonchev–Trinajstić information content (AvgIpc) is 3.03. The van der Waals surface area contributed by atoms with Crippen molar-refractivity contribution in [3.05, 3.63) is 51.5 Å². The lowest BCUT2D eigenvalue weighted by Crippen LogP contribution is -2.30. The molecule has 0 bridgehead atoms. The molecule has 0 amide bonds. The van der Waals surface area contributed by atoms with Gasteiger partial charge >= 0.3 is 5.97 Å². The Bertz CT molecular complexity index is 964.